The molecule has 158 valence electrons. The Morgan fingerprint density at radius 1 is 1.03 bits per heavy atom. The van der Waals surface area contributed by atoms with E-state index < -0.39 is 70.3 Å². The summed E-state index contributed by atoms with van der Waals surface area (Å²) in [5.74, 6) is -3.81. The summed E-state index contributed by atoms with van der Waals surface area (Å²) in [4.78, 5) is 25.6. The third-order valence-corrected chi connectivity index (χ3v) is 5.87. The van der Waals surface area contributed by atoms with E-state index in [0.29, 0.717) is 12.1 Å². The lowest BCUT2D eigenvalue weighted by atomic mass is 9.55. The van der Waals surface area contributed by atoms with Crippen LogP contribution in [-0.4, -0.2) is 28.9 Å². The first kappa shape index (κ1) is 20.5. The van der Waals surface area contributed by atoms with Crippen LogP contribution in [0.3, 0.4) is 0 Å². The number of hydrogen-bond acceptors (Lipinski definition) is 4. The second-order valence-electron chi connectivity index (χ2n) is 7.58. The Labute approximate surface area is 167 Å². The van der Waals surface area contributed by atoms with E-state index in [1.165, 1.54) is 0 Å². The van der Waals surface area contributed by atoms with Crippen molar-refractivity contribution in [2.75, 3.05) is 6.61 Å². The zero-order valence-corrected chi connectivity index (χ0v) is 15.4. The number of halogens is 5. The molecule has 1 aliphatic carbocycles. The number of fused-ring (bicyclic) bond motifs is 3. The number of benzene rings is 2. The molecule has 0 spiro atoms. The van der Waals surface area contributed by atoms with E-state index in [2.05, 4.69) is 0 Å². The molecule has 1 fully saturated rings. The van der Waals surface area contributed by atoms with Crippen molar-refractivity contribution in [3.8, 4) is 5.75 Å². The molecule has 4 nitrogen and oxygen atoms in total. The maximum Gasteiger partial charge on any atom is 0.416 e. The fourth-order valence-corrected chi connectivity index (χ4v) is 4.42. The van der Waals surface area contributed by atoms with Gasteiger partial charge >= 0.3 is 6.18 Å². The molecule has 2 aromatic rings. The second-order valence-corrected chi connectivity index (χ2v) is 7.58. The molecule has 2 atom stereocenters. The summed E-state index contributed by atoms with van der Waals surface area (Å²) in [5.41, 5.74) is -6.00. The van der Waals surface area contributed by atoms with Crippen LogP contribution in [0, 0.1) is 11.6 Å². The highest BCUT2D eigenvalue weighted by Gasteiger charge is 2.64. The first-order valence-electron chi connectivity index (χ1n) is 9.07. The van der Waals surface area contributed by atoms with E-state index in [9.17, 15) is 36.6 Å². The molecule has 1 N–H and O–H groups in total. The third kappa shape index (κ3) is 2.83. The predicted octanol–water partition coefficient (Wildman–Crippen LogP) is 3.98. The van der Waals surface area contributed by atoms with E-state index >= 15 is 0 Å². The summed E-state index contributed by atoms with van der Waals surface area (Å²) in [7, 11) is 0. The SMILES string of the molecule is O=C1CC[C@@]2(C(=O)c3ccc(C(F)(F)F)cc3)c3c(F)ccc(F)c3OC[C@@]2(O)C1. The molecule has 1 aliphatic heterocycles. The van der Waals surface area contributed by atoms with Crippen molar-refractivity contribution in [2.24, 2.45) is 0 Å². The maximum absolute atomic E-state index is 14.9. The number of carbonyl (C=O) groups is 2. The first-order valence-corrected chi connectivity index (χ1v) is 9.07. The minimum absolute atomic E-state index is 0.190. The van der Waals surface area contributed by atoms with Crippen LogP contribution in [-0.2, 0) is 16.4 Å². The van der Waals surface area contributed by atoms with Gasteiger partial charge in [-0.3, -0.25) is 9.59 Å². The Morgan fingerprint density at radius 3 is 2.30 bits per heavy atom. The van der Waals surface area contributed by atoms with Gasteiger partial charge < -0.3 is 9.84 Å². The van der Waals surface area contributed by atoms with Crippen LogP contribution in [0.2, 0.25) is 0 Å². The van der Waals surface area contributed by atoms with E-state index in [4.69, 9.17) is 4.74 Å². The number of alkyl halides is 3. The van der Waals surface area contributed by atoms with Gasteiger partial charge in [0.2, 0.25) is 0 Å². The molecule has 9 heteroatoms. The van der Waals surface area contributed by atoms with Gasteiger partial charge in [0.05, 0.1) is 11.0 Å². The van der Waals surface area contributed by atoms with Crippen molar-refractivity contribution < 1.29 is 41.4 Å². The van der Waals surface area contributed by atoms with Gasteiger partial charge in [0.1, 0.15) is 23.8 Å². The zero-order valence-electron chi connectivity index (χ0n) is 15.4. The summed E-state index contributed by atoms with van der Waals surface area (Å²) in [6.07, 6.45) is -5.68. The number of ether oxygens (including phenoxy) is 1. The van der Waals surface area contributed by atoms with Crippen LogP contribution >= 0.6 is 0 Å². The van der Waals surface area contributed by atoms with Crippen molar-refractivity contribution in [1.82, 2.24) is 0 Å². The molecule has 2 aliphatic rings. The van der Waals surface area contributed by atoms with Crippen molar-refractivity contribution in [1.29, 1.82) is 0 Å². The van der Waals surface area contributed by atoms with Crippen molar-refractivity contribution in [3.63, 3.8) is 0 Å². The van der Waals surface area contributed by atoms with Gasteiger partial charge in [-0.25, -0.2) is 8.78 Å². The summed E-state index contributed by atoms with van der Waals surface area (Å²) >= 11 is 0. The summed E-state index contributed by atoms with van der Waals surface area (Å²) < 4.78 is 73.1. The molecule has 0 saturated heterocycles. The van der Waals surface area contributed by atoms with Gasteiger partial charge in [0, 0.05) is 24.0 Å². The van der Waals surface area contributed by atoms with Gasteiger partial charge in [-0.15, -0.1) is 0 Å². The van der Waals surface area contributed by atoms with Crippen LogP contribution in [0.25, 0.3) is 0 Å². The van der Waals surface area contributed by atoms with Crippen LogP contribution in [0.4, 0.5) is 22.0 Å². The summed E-state index contributed by atoms with van der Waals surface area (Å²) in [5, 5.41) is 11.3. The third-order valence-electron chi connectivity index (χ3n) is 5.87. The molecular formula is C21H15F5O4. The van der Waals surface area contributed by atoms with E-state index in [1.807, 2.05) is 0 Å². The lowest BCUT2D eigenvalue weighted by Gasteiger charge is -2.51. The molecule has 0 unspecified atom stereocenters. The Morgan fingerprint density at radius 2 is 1.67 bits per heavy atom. The Balaban J connectivity index is 1.93. The predicted molar refractivity (Wildman–Crippen MR) is 93.1 cm³/mol. The van der Waals surface area contributed by atoms with E-state index in [-0.39, 0.29) is 18.4 Å². The van der Waals surface area contributed by atoms with Crippen molar-refractivity contribution >= 4 is 11.6 Å². The van der Waals surface area contributed by atoms with Crippen LogP contribution in [0.1, 0.15) is 40.7 Å². The first-order chi connectivity index (χ1) is 14.0. The quantitative estimate of drug-likeness (QED) is 0.583. The lowest BCUT2D eigenvalue weighted by Crippen LogP contribution is -2.65. The maximum atomic E-state index is 14.9. The molecule has 0 amide bonds. The van der Waals surface area contributed by atoms with Crippen LogP contribution in [0.5, 0.6) is 5.75 Å². The second kappa shape index (κ2) is 6.60. The molecule has 4 rings (SSSR count). The summed E-state index contributed by atoms with van der Waals surface area (Å²) in [6.45, 7) is -0.640. The number of aliphatic hydroxyl groups is 1. The number of rotatable bonds is 2. The fourth-order valence-electron chi connectivity index (χ4n) is 4.42. The normalized spacial score (nSPS) is 25.9. The molecule has 1 saturated carbocycles. The number of ketones is 2. The number of Topliss-reactive ketones (excluding diaryl/α,β-unsaturated/α-hetero) is 2. The Bertz CT molecular complexity index is 1050. The fraction of sp³-hybridized carbons (Fsp3) is 0.333. The van der Waals surface area contributed by atoms with Crippen molar-refractivity contribution in [2.45, 2.75) is 36.5 Å². The Hall–Kier alpha value is -2.81. The van der Waals surface area contributed by atoms with Crippen LogP contribution < -0.4 is 4.74 Å². The molecule has 0 radical (unpaired) electrons. The standard InChI is InChI=1S/C21H15F5O4/c22-14-5-6-15(23)17-16(14)20(8-7-13(27)9-19(20,29)10-30-17)18(28)11-1-3-12(4-2-11)21(24,25)26/h1-6,29H,7-10H2/t19-,20-/m0/s1. The highest BCUT2D eigenvalue weighted by atomic mass is 19.4. The lowest BCUT2D eigenvalue weighted by molar-refractivity contribution is -0.141. The zero-order chi connectivity index (χ0) is 21.9. The average Bonchev–Trinajstić information content (AvgIpc) is 2.68. The molecule has 1 heterocycles. The van der Waals surface area contributed by atoms with Gasteiger partial charge in [-0.1, -0.05) is 12.1 Å². The molecule has 0 bridgehead atoms. The molecule has 2 aromatic carbocycles. The molecule has 30 heavy (non-hydrogen) atoms. The summed E-state index contributed by atoms with van der Waals surface area (Å²) in [6, 6.07) is 4.81. The monoisotopic (exact) mass is 426 g/mol. The van der Waals surface area contributed by atoms with Gasteiger partial charge in [0.15, 0.2) is 17.3 Å². The number of hydrogen-bond donors (Lipinski definition) is 1. The van der Waals surface area contributed by atoms with E-state index in [1.54, 1.807) is 0 Å². The van der Waals surface area contributed by atoms with Gasteiger partial charge in [-0.2, -0.15) is 13.2 Å². The molecule has 0 aromatic heterocycles. The Kier molecular flexibility index (Phi) is 4.50. The van der Waals surface area contributed by atoms with Crippen molar-refractivity contribution in [3.05, 3.63) is 64.7 Å². The van der Waals surface area contributed by atoms with Gasteiger partial charge in [-0.05, 0) is 30.7 Å². The number of carbonyl (C=O) groups excluding carboxylic acids is 2. The topological polar surface area (TPSA) is 63.6 Å². The minimum atomic E-state index is -4.63. The highest BCUT2D eigenvalue weighted by Crippen LogP contribution is 2.54. The van der Waals surface area contributed by atoms with E-state index in [0.717, 1.165) is 24.3 Å². The van der Waals surface area contributed by atoms with Crippen LogP contribution in [0.15, 0.2) is 36.4 Å². The average molecular weight is 426 g/mol. The minimum Gasteiger partial charge on any atom is -0.487 e. The molecular weight excluding hydrogens is 411 g/mol. The highest BCUT2D eigenvalue weighted by molar-refractivity contribution is 6.07. The van der Waals surface area contributed by atoms with Gasteiger partial charge in [0.25, 0.3) is 0 Å². The largest absolute Gasteiger partial charge is 0.487 e. The smallest absolute Gasteiger partial charge is 0.416 e.